The lowest BCUT2D eigenvalue weighted by Gasteiger charge is -2.23. The second kappa shape index (κ2) is 6.78. The first kappa shape index (κ1) is 12.1. The van der Waals surface area contributed by atoms with Gasteiger partial charge < -0.3 is 10.1 Å². The molecule has 3 rings (SSSR count). The number of carbonyl (C=O) groups is 1. The quantitative estimate of drug-likeness (QED) is 0.620. The van der Waals surface area contributed by atoms with Crippen molar-refractivity contribution in [3.8, 4) is 5.75 Å². The molecule has 2 heterocycles. The van der Waals surface area contributed by atoms with E-state index in [2.05, 4.69) is 32.2 Å². The first-order chi connectivity index (χ1) is 12.4. The van der Waals surface area contributed by atoms with Crippen LogP contribution in [-0.4, -0.2) is 58.9 Å². The van der Waals surface area contributed by atoms with Gasteiger partial charge in [-0.05, 0) is 25.5 Å². The van der Waals surface area contributed by atoms with E-state index in [0.717, 1.165) is 25.9 Å². The summed E-state index contributed by atoms with van der Waals surface area (Å²) < 4.78 is 26.9. The van der Waals surface area contributed by atoms with E-state index in [9.17, 15) is 4.79 Å². The molecule has 122 valence electrons. The largest absolute Gasteiger partial charge is 0.496 e. The van der Waals surface area contributed by atoms with Gasteiger partial charge in [0.15, 0.2) is 0 Å². The van der Waals surface area contributed by atoms with E-state index in [1.165, 1.54) is 12.1 Å². The Morgan fingerprint density at radius 3 is 3.43 bits per heavy atom. The number of nitrogens with one attached hydrogen (secondary N) is 2. The number of aromatic amines is 1. The van der Waals surface area contributed by atoms with E-state index in [1.807, 2.05) is 6.08 Å². The smallest absolute Gasteiger partial charge is 0.255 e. The van der Waals surface area contributed by atoms with E-state index in [4.69, 9.17) is 8.85 Å². The Hall–Kier alpha value is -2.41. The van der Waals surface area contributed by atoms with E-state index >= 15 is 0 Å². The molecule has 23 heavy (non-hydrogen) atoms. The zero-order chi connectivity index (χ0) is 18.7. The van der Waals surface area contributed by atoms with Crippen molar-refractivity contribution in [1.29, 1.82) is 0 Å². The number of aromatic nitrogens is 3. The van der Waals surface area contributed by atoms with Crippen molar-refractivity contribution in [2.24, 2.45) is 0 Å². The molecule has 1 amide bonds. The summed E-state index contributed by atoms with van der Waals surface area (Å²) in [5.41, 5.74) is 1.09. The molecule has 0 saturated carbocycles. The van der Waals surface area contributed by atoms with Crippen molar-refractivity contribution >= 4 is 16.9 Å². The molecule has 2 aromatic rings. The number of nitrogens with zero attached hydrogens (tertiary/aromatic N) is 3. The van der Waals surface area contributed by atoms with Gasteiger partial charge in [-0.2, -0.15) is 0 Å². The Morgan fingerprint density at radius 1 is 1.70 bits per heavy atom. The molecule has 0 radical (unpaired) electrons. The van der Waals surface area contributed by atoms with Gasteiger partial charge in [-0.1, -0.05) is 11.3 Å². The molecule has 0 spiro atoms. The maximum Gasteiger partial charge on any atom is 0.255 e. The van der Waals surface area contributed by atoms with Gasteiger partial charge in [-0.15, -0.1) is 11.7 Å². The second-order valence-corrected chi connectivity index (χ2v) is 5.57. The summed E-state index contributed by atoms with van der Waals surface area (Å²) in [6.45, 7) is 5.98. The molecule has 0 aliphatic carbocycles. The highest BCUT2D eigenvalue weighted by atomic mass is 16.5. The van der Waals surface area contributed by atoms with Gasteiger partial charge in [0.1, 0.15) is 11.3 Å². The summed E-state index contributed by atoms with van der Waals surface area (Å²) >= 11 is 0. The standard InChI is InChI=1S/C16H21N5O2/c1-3-6-21-7-4-5-11(21)10-17-16(22)12-8-13-14(19-20-18-13)9-15(12)23-2/h3,8-9,11H,1,4-7,10H2,2H3,(H,17,22)(H,18,19,20)/i2+1D3. The van der Waals surface area contributed by atoms with Crippen LogP contribution in [-0.2, 0) is 0 Å². The molecule has 1 aromatic heterocycles. The number of fused-ring (bicyclic) bond motifs is 1. The second-order valence-electron chi connectivity index (χ2n) is 5.57. The van der Waals surface area contributed by atoms with Crippen LogP contribution in [0, 0.1) is 0 Å². The molecule has 0 bridgehead atoms. The first-order valence-electron chi connectivity index (χ1n) is 9.04. The molecular formula is C16H21N5O2. The van der Waals surface area contributed by atoms with Crippen LogP contribution in [0.15, 0.2) is 24.8 Å². The zero-order valence-electron chi connectivity index (χ0n) is 15.7. The summed E-state index contributed by atoms with van der Waals surface area (Å²) in [6.07, 6.45) is 3.92. The van der Waals surface area contributed by atoms with Crippen molar-refractivity contribution in [3.63, 3.8) is 0 Å². The van der Waals surface area contributed by atoms with Gasteiger partial charge in [-0.25, -0.2) is 0 Å². The molecule has 1 fully saturated rings. The van der Waals surface area contributed by atoms with Crippen molar-refractivity contribution in [2.75, 3.05) is 26.7 Å². The third kappa shape index (κ3) is 3.19. The monoisotopic (exact) mass is 319 g/mol. The summed E-state index contributed by atoms with van der Waals surface area (Å²) in [4.78, 5) is 14.9. The van der Waals surface area contributed by atoms with Crippen LogP contribution < -0.4 is 10.1 Å². The Kier molecular flexibility index (Phi) is 3.56. The Balaban J connectivity index is 1.78. The van der Waals surface area contributed by atoms with Crippen LogP contribution in [0.25, 0.3) is 11.0 Å². The predicted octanol–water partition coefficient (Wildman–Crippen LogP) is 1.35. The number of benzene rings is 1. The van der Waals surface area contributed by atoms with E-state index in [0.29, 0.717) is 17.6 Å². The fourth-order valence-electron chi connectivity index (χ4n) is 2.97. The topological polar surface area (TPSA) is 83.1 Å². The third-order valence-corrected chi connectivity index (χ3v) is 4.14. The predicted molar refractivity (Wildman–Crippen MR) is 87.6 cm³/mol. The third-order valence-electron chi connectivity index (χ3n) is 4.14. The van der Waals surface area contributed by atoms with E-state index < -0.39 is 12.9 Å². The zero-order valence-corrected chi connectivity index (χ0v) is 12.7. The minimum absolute atomic E-state index is 0.0433. The lowest BCUT2D eigenvalue weighted by atomic mass is 10.1. The fourth-order valence-corrected chi connectivity index (χ4v) is 2.97. The Bertz CT molecular complexity index is 805. The van der Waals surface area contributed by atoms with E-state index in [1.54, 1.807) is 0 Å². The number of hydrogen-bond donors (Lipinski definition) is 2. The Morgan fingerprint density at radius 2 is 2.61 bits per heavy atom. The summed E-state index contributed by atoms with van der Waals surface area (Å²) in [6, 6.07) is 3.14. The highest BCUT2D eigenvalue weighted by Gasteiger charge is 2.24. The van der Waals surface area contributed by atoms with Crippen molar-refractivity contribution in [2.45, 2.75) is 18.9 Å². The van der Waals surface area contributed by atoms with Crippen molar-refractivity contribution in [1.82, 2.24) is 25.6 Å². The number of ether oxygens (including phenoxy) is 1. The SMILES string of the molecule is [2H][13C]([2H])([2H])Oc1cc2nn[nH]c2cc1C(=O)NCC1CCCN1CC=C. The number of rotatable bonds is 6. The molecule has 1 unspecified atom stereocenters. The molecule has 7 nitrogen and oxygen atoms in total. The molecule has 7 heteroatoms. The summed E-state index contributed by atoms with van der Waals surface area (Å²) in [5.74, 6) is -0.440. The van der Waals surface area contributed by atoms with Crippen molar-refractivity contribution < 1.29 is 13.6 Å². The summed E-state index contributed by atoms with van der Waals surface area (Å²) in [5, 5.41) is 13.0. The number of methoxy groups -OCH3 is 1. The van der Waals surface area contributed by atoms with Gasteiger partial charge in [0.05, 0.1) is 22.2 Å². The van der Waals surface area contributed by atoms with Gasteiger partial charge in [0, 0.05) is 25.2 Å². The Labute approximate surface area is 138 Å². The maximum atomic E-state index is 12.7. The molecule has 1 aliphatic rings. The van der Waals surface area contributed by atoms with Crippen LogP contribution in [0.1, 0.15) is 27.3 Å². The average Bonchev–Trinajstić information content (AvgIpc) is 3.19. The van der Waals surface area contributed by atoms with Crippen LogP contribution in [0.5, 0.6) is 5.75 Å². The molecule has 1 aliphatic heterocycles. The van der Waals surface area contributed by atoms with Gasteiger partial charge >= 0.3 is 0 Å². The molecular weight excluding hydrogens is 295 g/mol. The maximum absolute atomic E-state index is 12.7. The number of H-pyrrole nitrogens is 1. The number of carbonyl (C=O) groups excluding carboxylic acids is 1. The van der Waals surface area contributed by atoms with Crippen LogP contribution in [0.2, 0.25) is 0 Å². The lowest BCUT2D eigenvalue weighted by molar-refractivity contribution is 0.0939. The molecule has 1 saturated heterocycles. The molecule has 1 atom stereocenters. The minimum Gasteiger partial charge on any atom is -0.496 e. The fraction of sp³-hybridized carbons (Fsp3) is 0.438. The van der Waals surface area contributed by atoms with Crippen LogP contribution >= 0.6 is 0 Å². The van der Waals surface area contributed by atoms with Gasteiger partial charge in [0.25, 0.3) is 5.91 Å². The first-order valence-corrected chi connectivity index (χ1v) is 7.54. The lowest BCUT2D eigenvalue weighted by Crippen LogP contribution is -2.40. The molecule has 1 aromatic carbocycles. The summed E-state index contributed by atoms with van der Waals surface area (Å²) in [7, 11) is -2.67. The molecule has 2 N–H and O–H groups in total. The normalized spacial score (nSPS) is 20.7. The van der Waals surface area contributed by atoms with E-state index in [-0.39, 0.29) is 17.4 Å². The van der Waals surface area contributed by atoms with Crippen LogP contribution in [0.3, 0.4) is 0 Å². The average molecular weight is 319 g/mol. The highest BCUT2D eigenvalue weighted by Crippen LogP contribution is 2.23. The van der Waals surface area contributed by atoms with Crippen LogP contribution in [0.4, 0.5) is 0 Å². The van der Waals surface area contributed by atoms with Crippen molar-refractivity contribution in [3.05, 3.63) is 30.4 Å². The van der Waals surface area contributed by atoms with Gasteiger partial charge in [0.2, 0.25) is 0 Å². The number of hydrogen-bond acceptors (Lipinski definition) is 5. The number of amides is 1. The minimum atomic E-state index is -2.67. The highest BCUT2D eigenvalue weighted by molar-refractivity contribution is 6.00. The number of likely N-dealkylation sites (tertiary alicyclic amines) is 1. The van der Waals surface area contributed by atoms with Gasteiger partial charge in [-0.3, -0.25) is 14.8 Å².